The van der Waals surface area contributed by atoms with Crippen LogP contribution < -0.4 is 16.2 Å². The number of hydrogen-bond donors (Lipinski definition) is 4. The van der Waals surface area contributed by atoms with Gasteiger partial charge in [0, 0.05) is 0 Å². The lowest BCUT2D eigenvalue weighted by Gasteiger charge is -2.12. The Bertz CT molecular complexity index is 1090. The van der Waals surface area contributed by atoms with Crippen molar-refractivity contribution < 1.29 is 24.5 Å². The lowest BCUT2D eigenvalue weighted by atomic mass is 10.1. The van der Waals surface area contributed by atoms with Crippen molar-refractivity contribution in [1.29, 1.82) is 0 Å². The van der Waals surface area contributed by atoms with Gasteiger partial charge in [-0.3, -0.25) is 4.57 Å². The summed E-state index contributed by atoms with van der Waals surface area (Å²) in [4.78, 5) is 34.1. The smallest absolute Gasteiger partial charge is 0.335 e. The molecule has 0 saturated carbocycles. The van der Waals surface area contributed by atoms with Crippen LogP contribution in [0.15, 0.2) is 29.1 Å². The summed E-state index contributed by atoms with van der Waals surface area (Å²) in [6, 6.07) is 6.31. The highest BCUT2D eigenvalue weighted by atomic mass is 16.5. The number of carbonyl (C=O) groups is 1. The molecule has 5 N–H and O–H groups in total. The van der Waals surface area contributed by atoms with E-state index in [0.29, 0.717) is 6.61 Å². The summed E-state index contributed by atoms with van der Waals surface area (Å²) in [7, 11) is 0. The summed E-state index contributed by atoms with van der Waals surface area (Å²) >= 11 is 0. The second kappa shape index (κ2) is 10.0. The number of imidazole rings is 1. The van der Waals surface area contributed by atoms with Gasteiger partial charge in [-0.2, -0.15) is 9.97 Å². The largest absolute Gasteiger partial charge is 0.478 e. The van der Waals surface area contributed by atoms with Crippen LogP contribution in [0.2, 0.25) is 0 Å². The Balaban J connectivity index is 1.63. The number of aromatic amines is 1. The van der Waals surface area contributed by atoms with Gasteiger partial charge in [-0.15, -0.1) is 0 Å². The van der Waals surface area contributed by atoms with Gasteiger partial charge < -0.3 is 30.4 Å². The van der Waals surface area contributed by atoms with Gasteiger partial charge in [0.1, 0.15) is 5.52 Å². The molecule has 0 aliphatic heterocycles. The predicted octanol–water partition coefficient (Wildman–Crippen LogP) is 1.16. The normalized spacial score (nSPS) is 12.2. The molecule has 1 atom stereocenters. The highest BCUT2D eigenvalue weighted by molar-refractivity contribution is 5.87. The highest BCUT2D eigenvalue weighted by Crippen LogP contribution is 2.18. The number of ether oxygens (including phenoxy) is 2. The number of nitrogens with zero attached hydrogens (tertiary/aromatic N) is 3. The molecule has 0 aliphatic rings. The molecule has 1 aromatic carbocycles. The SMILES string of the molecule is CCCCOc1nc(N)c2[nH]c(=O)n(CC(O)COCc3ccc(C(=O)O)cc3)c2n1. The molecule has 11 heteroatoms. The van der Waals surface area contributed by atoms with Gasteiger partial charge in [-0.25, -0.2) is 9.59 Å². The second-order valence-corrected chi connectivity index (χ2v) is 7.00. The van der Waals surface area contributed by atoms with Crippen molar-refractivity contribution in [2.24, 2.45) is 0 Å². The van der Waals surface area contributed by atoms with Crippen LogP contribution in [0.25, 0.3) is 11.2 Å². The number of anilines is 1. The number of aliphatic hydroxyl groups is 1. The third-order valence-corrected chi connectivity index (χ3v) is 4.53. The average Bonchev–Trinajstić information content (AvgIpc) is 3.04. The van der Waals surface area contributed by atoms with Crippen LogP contribution in [0.5, 0.6) is 6.01 Å². The number of fused-ring (bicyclic) bond motifs is 1. The van der Waals surface area contributed by atoms with Crippen molar-refractivity contribution in [2.75, 3.05) is 18.9 Å². The molecule has 0 spiro atoms. The fraction of sp³-hybridized carbons (Fsp3) is 0.400. The molecule has 0 fully saturated rings. The number of hydrogen-bond acceptors (Lipinski definition) is 8. The van der Waals surface area contributed by atoms with E-state index in [0.717, 1.165) is 18.4 Å². The van der Waals surface area contributed by atoms with Crippen LogP contribution in [0.4, 0.5) is 5.82 Å². The first-order valence-electron chi connectivity index (χ1n) is 9.86. The first-order chi connectivity index (χ1) is 14.9. The molecule has 0 radical (unpaired) electrons. The molecule has 2 heterocycles. The molecule has 0 aliphatic carbocycles. The number of rotatable bonds is 11. The number of nitrogens with one attached hydrogen (secondary N) is 1. The van der Waals surface area contributed by atoms with E-state index in [1.54, 1.807) is 12.1 Å². The van der Waals surface area contributed by atoms with Crippen molar-refractivity contribution in [3.63, 3.8) is 0 Å². The van der Waals surface area contributed by atoms with Crippen LogP contribution >= 0.6 is 0 Å². The van der Waals surface area contributed by atoms with Crippen LogP contribution in [0.1, 0.15) is 35.7 Å². The summed E-state index contributed by atoms with van der Waals surface area (Å²) in [5.74, 6) is -0.918. The van der Waals surface area contributed by atoms with Crippen LogP contribution in [0, 0.1) is 0 Å². The molecule has 0 bridgehead atoms. The Labute approximate surface area is 177 Å². The van der Waals surface area contributed by atoms with E-state index in [2.05, 4.69) is 15.0 Å². The number of aromatic carboxylic acids is 1. The topological polar surface area (TPSA) is 166 Å². The number of nitrogen functional groups attached to an aromatic ring is 1. The van der Waals surface area contributed by atoms with Gasteiger partial charge in [0.15, 0.2) is 11.5 Å². The zero-order chi connectivity index (χ0) is 22.4. The minimum absolute atomic E-state index is 0.0415. The Morgan fingerprint density at radius 3 is 2.71 bits per heavy atom. The molecular formula is C20H25N5O6. The summed E-state index contributed by atoms with van der Waals surface area (Å²) < 4.78 is 12.2. The van der Waals surface area contributed by atoms with Crippen molar-refractivity contribution in [1.82, 2.24) is 19.5 Å². The minimum Gasteiger partial charge on any atom is -0.478 e. The molecule has 2 aromatic heterocycles. The lowest BCUT2D eigenvalue weighted by molar-refractivity contribution is 0.0204. The van der Waals surface area contributed by atoms with E-state index in [1.165, 1.54) is 16.7 Å². The fourth-order valence-electron chi connectivity index (χ4n) is 2.89. The van der Waals surface area contributed by atoms with Gasteiger partial charge in [0.2, 0.25) is 0 Å². The monoisotopic (exact) mass is 431 g/mol. The number of aliphatic hydroxyl groups excluding tert-OH is 1. The molecule has 166 valence electrons. The Kier molecular flexibility index (Phi) is 7.21. The van der Waals surface area contributed by atoms with Gasteiger partial charge >= 0.3 is 17.7 Å². The number of carboxylic acid groups (broad SMARTS) is 1. The standard InChI is InChI=1S/C20H25N5O6/c1-2-3-8-31-19-23-16(21)15-17(24-19)25(20(29)22-15)9-14(26)11-30-10-12-4-6-13(7-5-12)18(27)28/h4-7,14,26H,2-3,8-11H2,1H3,(H,22,29)(H,27,28)(H2,21,23,24). The van der Waals surface area contributed by atoms with Gasteiger partial charge in [-0.1, -0.05) is 25.5 Å². The Morgan fingerprint density at radius 1 is 1.29 bits per heavy atom. The quantitative estimate of drug-likeness (QED) is 0.326. The number of nitrogens with two attached hydrogens (primary N) is 1. The van der Waals surface area contributed by atoms with E-state index in [9.17, 15) is 14.7 Å². The van der Waals surface area contributed by atoms with E-state index in [1.807, 2.05) is 6.92 Å². The van der Waals surface area contributed by atoms with E-state index in [4.69, 9.17) is 20.3 Å². The number of H-pyrrole nitrogens is 1. The van der Waals surface area contributed by atoms with E-state index >= 15 is 0 Å². The number of benzene rings is 1. The third kappa shape index (κ3) is 5.58. The summed E-state index contributed by atoms with van der Waals surface area (Å²) in [5, 5.41) is 19.2. The minimum atomic E-state index is -1.00. The van der Waals surface area contributed by atoms with E-state index in [-0.39, 0.29) is 48.3 Å². The number of unbranched alkanes of at least 4 members (excludes halogenated alkanes) is 1. The maximum Gasteiger partial charge on any atom is 0.335 e. The molecule has 31 heavy (non-hydrogen) atoms. The van der Waals surface area contributed by atoms with Gasteiger partial charge in [0.25, 0.3) is 0 Å². The number of carboxylic acids is 1. The van der Waals surface area contributed by atoms with Crippen LogP contribution in [0.3, 0.4) is 0 Å². The van der Waals surface area contributed by atoms with Gasteiger partial charge in [0.05, 0.1) is 38.0 Å². The van der Waals surface area contributed by atoms with Crippen LogP contribution in [-0.4, -0.2) is 55.0 Å². The molecule has 3 aromatic rings. The van der Waals surface area contributed by atoms with Crippen molar-refractivity contribution >= 4 is 23.0 Å². The van der Waals surface area contributed by atoms with Crippen LogP contribution in [-0.2, 0) is 17.9 Å². The lowest BCUT2D eigenvalue weighted by Crippen LogP contribution is -2.28. The average molecular weight is 431 g/mol. The predicted molar refractivity (Wildman–Crippen MR) is 112 cm³/mol. The Hall–Kier alpha value is -3.44. The first kappa shape index (κ1) is 22.2. The molecule has 1 unspecified atom stereocenters. The highest BCUT2D eigenvalue weighted by Gasteiger charge is 2.17. The third-order valence-electron chi connectivity index (χ3n) is 4.53. The summed E-state index contributed by atoms with van der Waals surface area (Å²) in [6.07, 6.45) is 0.786. The zero-order valence-corrected chi connectivity index (χ0v) is 17.1. The summed E-state index contributed by atoms with van der Waals surface area (Å²) in [6.45, 7) is 2.53. The van der Waals surface area contributed by atoms with Gasteiger partial charge in [-0.05, 0) is 24.1 Å². The zero-order valence-electron chi connectivity index (χ0n) is 17.1. The van der Waals surface area contributed by atoms with Crippen molar-refractivity contribution in [3.05, 3.63) is 45.9 Å². The fourth-order valence-corrected chi connectivity index (χ4v) is 2.89. The Morgan fingerprint density at radius 2 is 2.03 bits per heavy atom. The van der Waals surface area contributed by atoms with E-state index < -0.39 is 17.8 Å². The molecular weight excluding hydrogens is 406 g/mol. The maximum atomic E-state index is 12.3. The first-order valence-corrected chi connectivity index (χ1v) is 9.86. The van der Waals surface area contributed by atoms with Crippen molar-refractivity contribution in [3.8, 4) is 6.01 Å². The molecule has 3 rings (SSSR count). The molecule has 0 amide bonds. The molecule has 11 nitrogen and oxygen atoms in total. The maximum absolute atomic E-state index is 12.3. The van der Waals surface area contributed by atoms with Crippen molar-refractivity contribution in [2.45, 2.75) is 39.0 Å². The summed E-state index contributed by atoms with van der Waals surface area (Å²) in [5.41, 5.74) is 6.89. The molecule has 0 saturated heterocycles. The number of aromatic nitrogens is 4. The second-order valence-electron chi connectivity index (χ2n) is 7.00.